The van der Waals surface area contributed by atoms with Crippen LogP contribution in [-0.2, 0) is 0 Å². The van der Waals surface area contributed by atoms with Gasteiger partial charge in [-0.2, -0.15) is 11.8 Å². The van der Waals surface area contributed by atoms with Crippen LogP contribution in [0.1, 0.15) is 23.2 Å². The van der Waals surface area contributed by atoms with Crippen LogP contribution in [0, 0.1) is 0 Å². The predicted molar refractivity (Wildman–Crippen MR) is 102 cm³/mol. The van der Waals surface area contributed by atoms with E-state index >= 15 is 0 Å². The normalized spacial score (nSPS) is 19.5. The smallest absolute Gasteiger partial charge is 0.262 e. The molecule has 1 spiro atoms. The molecule has 2 heterocycles. The third-order valence-electron chi connectivity index (χ3n) is 5.13. The van der Waals surface area contributed by atoms with Gasteiger partial charge in [-0.25, -0.2) is 0 Å². The minimum absolute atomic E-state index is 0.0451. The third kappa shape index (κ3) is 2.24. The molecule has 4 rings (SSSR count). The quantitative estimate of drug-likeness (QED) is 0.740. The second-order valence-corrected chi connectivity index (χ2v) is 7.89. The van der Waals surface area contributed by atoms with Crippen LogP contribution in [-0.4, -0.2) is 30.1 Å². The number of carbonyl (C=O) groups excluding carboxylic acids is 1. The molecule has 1 amide bonds. The molecule has 0 saturated carbocycles. The van der Waals surface area contributed by atoms with Crippen LogP contribution in [0.2, 0.25) is 5.02 Å². The molecule has 0 aromatic heterocycles. The van der Waals surface area contributed by atoms with Gasteiger partial charge in [-0.1, -0.05) is 35.9 Å². The van der Waals surface area contributed by atoms with Gasteiger partial charge in [0.15, 0.2) is 0 Å². The molecule has 2 aromatic rings. The Hall–Kier alpha value is -1.65. The number of carbonyl (C=O) groups is 1. The van der Waals surface area contributed by atoms with Gasteiger partial charge < -0.3 is 4.90 Å². The minimum Gasteiger partial charge on any atom is -0.351 e. The van der Waals surface area contributed by atoms with Gasteiger partial charge in [0.1, 0.15) is 5.66 Å². The van der Waals surface area contributed by atoms with E-state index in [1.807, 2.05) is 65.2 Å². The highest BCUT2D eigenvalue weighted by molar-refractivity contribution is 7.99. The maximum absolute atomic E-state index is 13.4. The van der Waals surface area contributed by atoms with Crippen molar-refractivity contribution in [1.82, 2.24) is 0 Å². The summed E-state index contributed by atoms with van der Waals surface area (Å²) in [6, 6.07) is 15.5. The molecule has 0 bridgehead atoms. The van der Waals surface area contributed by atoms with Gasteiger partial charge >= 0.3 is 0 Å². The van der Waals surface area contributed by atoms with Crippen LogP contribution < -0.4 is 9.80 Å². The summed E-state index contributed by atoms with van der Waals surface area (Å²) in [7, 11) is 2.10. The van der Waals surface area contributed by atoms with Crippen molar-refractivity contribution in [2.24, 2.45) is 0 Å². The van der Waals surface area contributed by atoms with E-state index in [1.165, 1.54) is 0 Å². The van der Waals surface area contributed by atoms with Crippen molar-refractivity contribution in [3.8, 4) is 0 Å². The molecule has 124 valence electrons. The van der Waals surface area contributed by atoms with E-state index in [1.54, 1.807) is 0 Å². The number of nitrogens with zero attached hydrogens (tertiary/aromatic N) is 2. The summed E-state index contributed by atoms with van der Waals surface area (Å²) >= 11 is 8.43. The van der Waals surface area contributed by atoms with E-state index in [0.29, 0.717) is 5.02 Å². The lowest BCUT2D eigenvalue weighted by Crippen LogP contribution is -2.66. The highest BCUT2D eigenvalue weighted by atomic mass is 35.5. The third-order valence-corrected chi connectivity index (χ3v) is 6.43. The fourth-order valence-electron chi connectivity index (χ4n) is 3.85. The largest absolute Gasteiger partial charge is 0.351 e. The van der Waals surface area contributed by atoms with E-state index in [4.69, 9.17) is 11.6 Å². The van der Waals surface area contributed by atoms with Crippen molar-refractivity contribution in [2.75, 3.05) is 28.4 Å². The second kappa shape index (κ2) is 6.01. The second-order valence-electron chi connectivity index (χ2n) is 6.26. The number of fused-ring (bicyclic) bond motifs is 1. The maximum Gasteiger partial charge on any atom is 0.262 e. The number of rotatable bonds is 1. The van der Waals surface area contributed by atoms with E-state index in [9.17, 15) is 4.79 Å². The summed E-state index contributed by atoms with van der Waals surface area (Å²) in [6.45, 7) is 0. The zero-order chi connectivity index (χ0) is 16.7. The fourth-order valence-corrected chi connectivity index (χ4v) is 5.22. The summed E-state index contributed by atoms with van der Waals surface area (Å²) in [4.78, 5) is 17.6. The highest BCUT2D eigenvalue weighted by Crippen LogP contribution is 2.46. The van der Waals surface area contributed by atoms with Crippen molar-refractivity contribution in [1.29, 1.82) is 0 Å². The first-order valence-corrected chi connectivity index (χ1v) is 9.68. The molecule has 3 nitrogen and oxygen atoms in total. The predicted octanol–water partition coefficient (Wildman–Crippen LogP) is 4.66. The Bertz CT molecular complexity index is 788. The summed E-state index contributed by atoms with van der Waals surface area (Å²) in [6.07, 6.45) is 1.86. The van der Waals surface area contributed by atoms with Crippen LogP contribution in [0.4, 0.5) is 11.4 Å². The highest BCUT2D eigenvalue weighted by Gasteiger charge is 2.50. The van der Waals surface area contributed by atoms with Crippen LogP contribution in [0.3, 0.4) is 0 Å². The summed E-state index contributed by atoms with van der Waals surface area (Å²) in [5.74, 6) is 2.13. The van der Waals surface area contributed by atoms with Crippen molar-refractivity contribution < 1.29 is 4.79 Å². The molecule has 0 radical (unpaired) electrons. The van der Waals surface area contributed by atoms with Crippen LogP contribution in [0.5, 0.6) is 0 Å². The van der Waals surface area contributed by atoms with E-state index in [0.717, 1.165) is 41.3 Å². The molecule has 0 aliphatic carbocycles. The topological polar surface area (TPSA) is 23.6 Å². The number of benzene rings is 2. The van der Waals surface area contributed by atoms with Gasteiger partial charge in [0.25, 0.3) is 5.91 Å². The Morgan fingerprint density at radius 2 is 1.62 bits per heavy atom. The van der Waals surface area contributed by atoms with Crippen LogP contribution in [0.25, 0.3) is 0 Å². The Morgan fingerprint density at radius 3 is 2.33 bits per heavy atom. The molecule has 0 unspecified atom stereocenters. The molecule has 1 saturated heterocycles. The Balaban J connectivity index is 1.95. The number of para-hydroxylation sites is 2. The van der Waals surface area contributed by atoms with E-state index in [-0.39, 0.29) is 11.6 Å². The van der Waals surface area contributed by atoms with Gasteiger partial charge in [-0.3, -0.25) is 9.69 Å². The molecule has 5 heteroatoms. The SMILES string of the molecule is CN1c2ccccc2C(=O)N(c2ccccc2Cl)C12CCSCC2. The van der Waals surface area contributed by atoms with Crippen molar-refractivity contribution in [3.63, 3.8) is 0 Å². The molecule has 0 atom stereocenters. The Labute approximate surface area is 151 Å². The summed E-state index contributed by atoms with van der Waals surface area (Å²) < 4.78 is 0. The van der Waals surface area contributed by atoms with Crippen molar-refractivity contribution in [3.05, 3.63) is 59.1 Å². The van der Waals surface area contributed by atoms with Gasteiger partial charge in [0.2, 0.25) is 0 Å². The summed E-state index contributed by atoms with van der Waals surface area (Å²) in [5.41, 5.74) is 2.21. The van der Waals surface area contributed by atoms with Crippen molar-refractivity contribution in [2.45, 2.75) is 18.5 Å². The van der Waals surface area contributed by atoms with Crippen LogP contribution >= 0.6 is 23.4 Å². The zero-order valence-electron chi connectivity index (χ0n) is 13.5. The van der Waals surface area contributed by atoms with Crippen molar-refractivity contribution >= 4 is 40.6 Å². The number of amides is 1. The van der Waals surface area contributed by atoms with Gasteiger partial charge in [0, 0.05) is 7.05 Å². The monoisotopic (exact) mass is 358 g/mol. The summed E-state index contributed by atoms with van der Waals surface area (Å²) in [5, 5.41) is 0.622. The van der Waals surface area contributed by atoms with Gasteiger partial charge in [-0.05, 0) is 48.6 Å². The molecule has 24 heavy (non-hydrogen) atoms. The lowest BCUT2D eigenvalue weighted by molar-refractivity contribution is 0.0937. The van der Waals surface area contributed by atoms with Crippen LogP contribution in [0.15, 0.2) is 48.5 Å². The number of thioether (sulfide) groups is 1. The standard InChI is InChI=1S/C19H19ClN2OS/c1-21-16-8-4-2-6-14(16)18(23)22(17-9-5-3-7-15(17)20)19(21)10-12-24-13-11-19/h2-9H,10-13H2,1H3. The number of anilines is 2. The average Bonchev–Trinajstić information content (AvgIpc) is 2.62. The maximum atomic E-state index is 13.4. The molecular formula is C19H19ClN2OS. The number of hydrogen-bond acceptors (Lipinski definition) is 3. The molecule has 2 aliphatic rings. The lowest BCUT2D eigenvalue weighted by atomic mass is 9.91. The molecule has 0 N–H and O–H groups in total. The molecule has 2 aromatic carbocycles. The lowest BCUT2D eigenvalue weighted by Gasteiger charge is -2.55. The Morgan fingerprint density at radius 1 is 1.00 bits per heavy atom. The van der Waals surface area contributed by atoms with E-state index < -0.39 is 0 Å². The first-order valence-electron chi connectivity index (χ1n) is 8.15. The first kappa shape index (κ1) is 15.9. The minimum atomic E-state index is -0.346. The number of halogens is 1. The molecule has 1 fully saturated rings. The van der Waals surface area contributed by atoms with Gasteiger partial charge in [-0.15, -0.1) is 0 Å². The zero-order valence-corrected chi connectivity index (χ0v) is 15.1. The fraction of sp³-hybridized carbons (Fsp3) is 0.316. The van der Waals surface area contributed by atoms with E-state index in [2.05, 4.69) is 11.9 Å². The first-order chi connectivity index (χ1) is 11.6. The molecular weight excluding hydrogens is 340 g/mol. The molecule has 2 aliphatic heterocycles. The number of hydrogen-bond donors (Lipinski definition) is 0. The van der Waals surface area contributed by atoms with Gasteiger partial charge in [0.05, 0.1) is 22.0 Å². The average molecular weight is 359 g/mol. The Kier molecular flexibility index (Phi) is 3.97.